The van der Waals surface area contributed by atoms with E-state index in [2.05, 4.69) is 30.4 Å². The minimum atomic E-state index is -0.622. The van der Waals surface area contributed by atoms with Gasteiger partial charge in [0.05, 0.1) is 0 Å². The molecule has 4 bridgehead atoms. The third-order valence-corrected chi connectivity index (χ3v) is 9.62. The van der Waals surface area contributed by atoms with Gasteiger partial charge in [-0.1, -0.05) is 48.6 Å². The first-order chi connectivity index (χ1) is 15.5. The van der Waals surface area contributed by atoms with E-state index in [0.717, 1.165) is 24.0 Å². The summed E-state index contributed by atoms with van der Waals surface area (Å²) >= 11 is 0. The Bertz CT molecular complexity index is 859. The number of hydrogen-bond donors (Lipinski definition) is 4. The lowest BCUT2D eigenvalue weighted by Crippen LogP contribution is -2.39. The Morgan fingerprint density at radius 3 is 1.28 bits per heavy atom. The van der Waals surface area contributed by atoms with E-state index >= 15 is 0 Å². The number of aliphatic hydroxyl groups is 4. The minimum Gasteiger partial charge on any atom is -0.378 e. The van der Waals surface area contributed by atoms with E-state index in [9.17, 15) is 20.4 Å². The zero-order valence-electron chi connectivity index (χ0n) is 18.1. The van der Waals surface area contributed by atoms with E-state index in [1.165, 1.54) is 0 Å². The molecule has 1 aromatic carbocycles. The van der Waals surface area contributed by atoms with E-state index < -0.39 is 24.9 Å². The van der Waals surface area contributed by atoms with Gasteiger partial charge in [-0.2, -0.15) is 0 Å². The molecule has 4 N–H and O–H groups in total. The standard InChI is InChI=1S/C26H32N2O4/c29-23-19-15-4-5-16(9-15)20(19)24(30)27(23)11-13-2-1-3-14(8-13)12-28-25(31)21-17-6-7-18(10-17)22(21)26(28)32/h1-8,15-26,29-32H,9-12H2. The zero-order chi connectivity index (χ0) is 21.7. The first kappa shape index (κ1) is 19.9. The minimum absolute atomic E-state index is 0.126. The predicted molar refractivity (Wildman–Crippen MR) is 117 cm³/mol. The van der Waals surface area contributed by atoms with Crippen LogP contribution in [0.15, 0.2) is 48.6 Å². The van der Waals surface area contributed by atoms with E-state index in [0.29, 0.717) is 36.8 Å². The van der Waals surface area contributed by atoms with Gasteiger partial charge in [0.1, 0.15) is 24.9 Å². The molecule has 12 atom stereocenters. The lowest BCUT2D eigenvalue weighted by molar-refractivity contribution is -0.0801. The molecule has 4 aliphatic carbocycles. The smallest absolute Gasteiger partial charge is 0.113 e. The van der Waals surface area contributed by atoms with Crippen LogP contribution in [-0.4, -0.2) is 55.1 Å². The Morgan fingerprint density at radius 2 is 0.938 bits per heavy atom. The molecule has 4 fully saturated rings. The van der Waals surface area contributed by atoms with Gasteiger partial charge in [-0.05, 0) is 47.6 Å². The van der Waals surface area contributed by atoms with Crippen molar-refractivity contribution in [1.82, 2.24) is 9.80 Å². The molecule has 1 aromatic rings. The van der Waals surface area contributed by atoms with Crippen molar-refractivity contribution in [3.8, 4) is 0 Å². The summed E-state index contributed by atoms with van der Waals surface area (Å²) in [7, 11) is 0. The Kier molecular flexibility index (Phi) is 4.34. The third-order valence-electron chi connectivity index (χ3n) is 9.62. The highest BCUT2D eigenvalue weighted by atomic mass is 16.3. The van der Waals surface area contributed by atoms with Gasteiger partial charge in [-0.15, -0.1) is 0 Å². The van der Waals surface area contributed by atoms with Crippen LogP contribution in [0.25, 0.3) is 0 Å². The SMILES string of the molecule is OC1C2C3C=CC(C3)C2C(O)N1Cc1cccc(CN2C(O)C3C4C=CC(C4)C3C2O)c1. The summed E-state index contributed by atoms with van der Waals surface area (Å²) in [6.45, 7) is 0.986. The van der Waals surface area contributed by atoms with E-state index in [-0.39, 0.29) is 23.7 Å². The second-order valence-electron chi connectivity index (χ2n) is 11.0. The average Bonchev–Trinajstić information content (AvgIpc) is 3.62. The summed E-state index contributed by atoms with van der Waals surface area (Å²) in [6.07, 6.45) is 8.51. The van der Waals surface area contributed by atoms with Crippen molar-refractivity contribution in [2.24, 2.45) is 47.3 Å². The Balaban J connectivity index is 1.07. The molecule has 12 unspecified atom stereocenters. The van der Waals surface area contributed by atoms with E-state index in [1.54, 1.807) is 0 Å². The summed E-state index contributed by atoms with van der Waals surface area (Å²) in [6, 6.07) is 8.13. The first-order valence-electron chi connectivity index (χ1n) is 12.2. The topological polar surface area (TPSA) is 87.4 Å². The molecule has 2 saturated carbocycles. The van der Waals surface area contributed by atoms with Gasteiger partial charge in [-0.25, -0.2) is 9.80 Å². The van der Waals surface area contributed by atoms with E-state index in [4.69, 9.17) is 0 Å². The molecule has 2 saturated heterocycles. The third kappa shape index (κ3) is 2.62. The fourth-order valence-corrected chi connectivity index (χ4v) is 8.30. The zero-order valence-corrected chi connectivity index (χ0v) is 18.1. The number of fused-ring (bicyclic) bond motifs is 10. The quantitative estimate of drug-likeness (QED) is 0.535. The fraction of sp³-hybridized carbons (Fsp3) is 0.615. The number of hydrogen-bond acceptors (Lipinski definition) is 6. The maximum atomic E-state index is 11.0. The van der Waals surface area contributed by atoms with Crippen molar-refractivity contribution < 1.29 is 20.4 Å². The van der Waals surface area contributed by atoms with Crippen LogP contribution in [0, 0.1) is 47.3 Å². The number of aliphatic hydroxyl groups excluding tert-OH is 4. The molecule has 6 heteroatoms. The number of allylic oxidation sites excluding steroid dienone is 4. The molecule has 7 rings (SSSR count). The molecular weight excluding hydrogens is 404 g/mol. The lowest BCUT2D eigenvalue weighted by atomic mass is 9.84. The second kappa shape index (κ2) is 6.98. The predicted octanol–water partition coefficient (Wildman–Crippen LogP) is 1.47. The number of nitrogens with zero attached hydrogens (tertiary/aromatic N) is 2. The van der Waals surface area contributed by atoms with Crippen molar-refractivity contribution in [2.75, 3.05) is 0 Å². The molecular formula is C26H32N2O4. The first-order valence-corrected chi connectivity index (χ1v) is 12.2. The highest BCUT2D eigenvalue weighted by Gasteiger charge is 2.59. The summed E-state index contributed by atoms with van der Waals surface area (Å²) in [5.41, 5.74) is 2.07. The van der Waals surface area contributed by atoms with Crippen LogP contribution < -0.4 is 0 Å². The van der Waals surface area contributed by atoms with Crippen LogP contribution in [0.2, 0.25) is 0 Å². The van der Waals surface area contributed by atoms with Crippen LogP contribution >= 0.6 is 0 Å². The van der Waals surface area contributed by atoms with Gasteiger partial charge in [0, 0.05) is 36.8 Å². The van der Waals surface area contributed by atoms with Crippen molar-refractivity contribution in [2.45, 2.75) is 50.8 Å². The van der Waals surface area contributed by atoms with Crippen LogP contribution in [-0.2, 0) is 13.1 Å². The maximum Gasteiger partial charge on any atom is 0.113 e. The van der Waals surface area contributed by atoms with Gasteiger partial charge in [-0.3, -0.25) is 0 Å². The molecule has 0 spiro atoms. The van der Waals surface area contributed by atoms with Gasteiger partial charge in [0.2, 0.25) is 0 Å². The van der Waals surface area contributed by atoms with Gasteiger partial charge in [0.15, 0.2) is 0 Å². The van der Waals surface area contributed by atoms with Crippen molar-refractivity contribution in [3.63, 3.8) is 0 Å². The number of benzene rings is 1. The monoisotopic (exact) mass is 436 g/mol. The molecule has 32 heavy (non-hydrogen) atoms. The van der Waals surface area contributed by atoms with Crippen molar-refractivity contribution in [3.05, 3.63) is 59.7 Å². The molecule has 2 heterocycles. The highest BCUT2D eigenvalue weighted by molar-refractivity contribution is 5.26. The van der Waals surface area contributed by atoms with Crippen LogP contribution in [0.5, 0.6) is 0 Å². The lowest BCUT2D eigenvalue weighted by Gasteiger charge is -2.29. The van der Waals surface area contributed by atoms with Crippen molar-refractivity contribution >= 4 is 0 Å². The highest BCUT2D eigenvalue weighted by Crippen LogP contribution is 2.56. The molecule has 6 nitrogen and oxygen atoms in total. The van der Waals surface area contributed by atoms with Crippen LogP contribution in [0.4, 0.5) is 0 Å². The van der Waals surface area contributed by atoms with Crippen LogP contribution in [0.1, 0.15) is 24.0 Å². The number of likely N-dealkylation sites (tertiary alicyclic amines) is 2. The normalized spacial score (nSPS) is 50.6. The summed E-state index contributed by atoms with van der Waals surface area (Å²) in [4.78, 5) is 3.68. The molecule has 0 aromatic heterocycles. The Labute approximate surface area is 188 Å². The summed E-state index contributed by atoms with van der Waals surface area (Å²) < 4.78 is 0. The van der Waals surface area contributed by atoms with Gasteiger partial charge >= 0.3 is 0 Å². The molecule has 0 radical (unpaired) electrons. The van der Waals surface area contributed by atoms with Gasteiger partial charge < -0.3 is 20.4 Å². The average molecular weight is 437 g/mol. The molecule has 2 aliphatic heterocycles. The molecule has 6 aliphatic rings. The second-order valence-corrected chi connectivity index (χ2v) is 11.0. The fourth-order valence-electron chi connectivity index (χ4n) is 8.30. The molecule has 170 valence electrons. The molecule has 0 amide bonds. The Morgan fingerprint density at radius 1 is 0.594 bits per heavy atom. The van der Waals surface area contributed by atoms with E-state index in [1.807, 2.05) is 28.0 Å². The van der Waals surface area contributed by atoms with Gasteiger partial charge in [0.25, 0.3) is 0 Å². The summed E-state index contributed by atoms with van der Waals surface area (Å²) in [5, 5.41) is 43.9. The van der Waals surface area contributed by atoms with Crippen LogP contribution in [0.3, 0.4) is 0 Å². The number of rotatable bonds is 4. The summed E-state index contributed by atoms with van der Waals surface area (Å²) in [5.74, 6) is 2.04. The van der Waals surface area contributed by atoms with Crippen molar-refractivity contribution in [1.29, 1.82) is 0 Å². The Hall–Kier alpha value is -1.54. The largest absolute Gasteiger partial charge is 0.378 e. The maximum absolute atomic E-state index is 11.0.